The summed E-state index contributed by atoms with van der Waals surface area (Å²) in [5.74, 6) is -3.11. The van der Waals surface area contributed by atoms with Crippen LogP contribution in [0.1, 0.15) is 77.9 Å². The first-order chi connectivity index (χ1) is 20.8. The average molecular weight is 639 g/mol. The number of fused-ring (bicyclic) bond motifs is 1. The van der Waals surface area contributed by atoms with Crippen LogP contribution in [0.5, 0.6) is 17.2 Å². The number of phenolic OH excluding ortho intramolecular Hbond substituents is 1. The van der Waals surface area contributed by atoms with Crippen molar-refractivity contribution in [2.45, 2.75) is 58.7 Å². The van der Waals surface area contributed by atoms with Crippen molar-refractivity contribution in [1.29, 1.82) is 5.41 Å². The molecule has 0 spiro atoms. The van der Waals surface area contributed by atoms with Gasteiger partial charge < -0.3 is 35.6 Å². The zero-order valence-corrected chi connectivity index (χ0v) is 25.6. The lowest BCUT2D eigenvalue weighted by atomic mass is 9.84. The first-order valence-corrected chi connectivity index (χ1v) is 13.8. The summed E-state index contributed by atoms with van der Waals surface area (Å²) in [7, 11) is 1.53. The van der Waals surface area contributed by atoms with Crippen LogP contribution in [0.4, 0.5) is 13.2 Å². The minimum Gasteiger partial charge on any atom is -0.504 e. The van der Waals surface area contributed by atoms with Gasteiger partial charge in [-0.25, -0.2) is 4.79 Å². The summed E-state index contributed by atoms with van der Waals surface area (Å²) in [5, 5.41) is 29.2. The summed E-state index contributed by atoms with van der Waals surface area (Å²) >= 11 is 0. The lowest BCUT2D eigenvalue weighted by molar-refractivity contribution is -0.192. The topological polar surface area (TPSA) is 192 Å². The highest BCUT2D eigenvalue weighted by molar-refractivity contribution is 6.07. The number of carbonyl (C=O) groups excluding carboxylic acids is 3. The Morgan fingerprint density at radius 2 is 1.69 bits per heavy atom. The number of nitrogens with two attached hydrogens (primary N) is 1. The third kappa shape index (κ3) is 9.58. The number of hydrogen-bond acceptors (Lipinski definition) is 8. The number of alkyl halides is 3. The number of benzene rings is 2. The van der Waals surface area contributed by atoms with E-state index in [1.807, 2.05) is 27.7 Å². The Labute approximate surface area is 257 Å². The van der Waals surface area contributed by atoms with Crippen molar-refractivity contribution >= 4 is 29.4 Å². The average Bonchev–Trinajstić information content (AvgIpc) is 3.23. The molecule has 0 saturated carbocycles. The number of hydrogen-bond donors (Lipinski definition) is 5. The smallest absolute Gasteiger partial charge is 0.490 e. The molecule has 0 saturated heterocycles. The van der Waals surface area contributed by atoms with Gasteiger partial charge in [0.25, 0.3) is 5.91 Å². The minimum atomic E-state index is -5.08. The first kappa shape index (κ1) is 36.4. The van der Waals surface area contributed by atoms with E-state index in [1.165, 1.54) is 13.1 Å². The lowest BCUT2D eigenvalue weighted by Crippen LogP contribution is -2.30. The van der Waals surface area contributed by atoms with E-state index in [2.05, 4.69) is 5.32 Å². The molecule has 0 radical (unpaired) electrons. The molecule has 3 rings (SSSR count). The molecule has 0 aromatic heterocycles. The van der Waals surface area contributed by atoms with Gasteiger partial charge in [0.15, 0.2) is 17.3 Å². The van der Waals surface area contributed by atoms with Gasteiger partial charge in [-0.2, -0.15) is 13.2 Å². The number of carbonyl (C=O) groups is 4. The van der Waals surface area contributed by atoms with Crippen molar-refractivity contribution in [3.63, 3.8) is 0 Å². The van der Waals surface area contributed by atoms with E-state index in [9.17, 15) is 32.7 Å². The van der Waals surface area contributed by atoms with Crippen molar-refractivity contribution in [2.24, 2.45) is 5.73 Å². The molecule has 1 aliphatic rings. The SMILES string of the molecule is CCOc1cc2c(cc1C(=O)NC)C(=N)N(CC(=O)c1cc(OCCCC(N)=O)c(O)c(C(C)(C)C)c1)C2.O=C(O)C(F)(F)F. The van der Waals surface area contributed by atoms with Gasteiger partial charge >= 0.3 is 12.1 Å². The number of ether oxygens (including phenoxy) is 2. The van der Waals surface area contributed by atoms with Gasteiger partial charge in [-0.15, -0.1) is 0 Å². The normalized spacial score (nSPS) is 12.5. The Morgan fingerprint density at radius 1 is 1.07 bits per heavy atom. The summed E-state index contributed by atoms with van der Waals surface area (Å²) in [4.78, 5) is 47.4. The maximum Gasteiger partial charge on any atom is 0.490 e. The molecule has 2 amide bonds. The molecule has 45 heavy (non-hydrogen) atoms. The van der Waals surface area contributed by atoms with Crippen molar-refractivity contribution in [1.82, 2.24) is 10.2 Å². The van der Waals surface area contributed by atoms with Crippen LogP contribution in [-0.2, 0) is 21.5 Å². The highest BCUT2D eigenvalue weighted by Gasteiger charge is 2.38. The van der Waals surface area contributed by atoms with Crippen molar-refractivity contribution in [3.05, 3.63) is 52.1 Å². The number of aromatic hydroxyl groups is 1. The summed E-state index contributed by atoms with van der Waals surface area (Å²) in [6.45, 7) is 8.34. The maximum absolute atomic E-state index is 13.4. The number of amidine groups is 1. The molecule has 2 aromatic rings. The molecule has 0 unspecified atom stereocenters. The lowest BCUT2D eigenvalue weighted by Gasteiger charge is -2.24. The number of aliphatic carboxylic acids is 1. The fourth-order valence-corrected chi connectivity index (χ4v) is 4.29. The van der Waals surface area contributed by atoms with Gasteiger partial charge in [-0.1, -0.05) is 20.8 Å². The molecule has 1 heterocycles. The number of ketones is 1. The zero-order chi connectivity index (χ0) is 34.3. The summed E-state index contributed by atoms with van der Waals surface area (Å²) < 4.78 is 43.1. The van der Waals surface area contributed by atoms with Crippen LogP contribution in [0.25, 0.3) is 0 Å². The quantitative estimate of drug-likeness (QED) is 0.180. The van der Waals surface area contributed by atoms with Crippen LogP contribution in [0.2, 0.25) is 0 Å². The molecule has 0 bridgehead atoms. The monoisotopic (exact) mass is 638 g/mol. The number of phenols is 1. The Balaban J connectivity index is 0.000000900. The molecule has 0 aliphatic carbocycles. The number of amides is 2. The van der Waals surface area contributed by atoms with Crippen LogP contribution in [0, 0.1) is 5.41 Å². The Morgan fingerprint density at radius 3 is 2.20 bits per heavy atom. The molecule has 0 atom stereocenters. The van der Waals surface area contributed by atoms with Gasteiger partial charge in [-0.05, 0) is 48.6 Å². The third-order valence-corrected chi connectivity index (χ3v) is 6.52. The van der Waals surface area contributed by atoms with E-state index >= 15 is 0 Å². The predicted octanol–water partition coefficient (Wildman–Crippen LogP) is 3.75. The number of nitrogens with one attached hydrogen (secondary N) is 2. The van der Waals surface area contributed by atoms with Gasteiger partial charge in [0.05, 0.1) is 25.3 Å². The van der Waals surface area contributed by atoms with E-state index in [0.29, 0.717) is 47.6 Å². The van der Waals surface area contributed by atoms with Gasteiger partial charge in [0, 0.05) is 36.7 Å². The number of nitrogens with zero attached hydrogens (tertiary/aromatic N) is 1. The second-order valence-electron chi connectivity index (χ2n) is 11.0. The van der Waals surface area contributed by atoms with Crippen LogP contribution < -0.4 is 20.5 Å². The number of carboxylic acid groups (broad SMARTS) is 1. The van der Waals surface area contributed by atoms with Crippen LogP contribution in [0.3, 0.4) is 0 Å². The highest BCUT2D eigenvalue weighted by atomic mass is 19.4. The molecule has 246 valence electrons. The third-order valence-electron chi connectivity index (χ3n) is 6.52. The maximum atomic E-state index is 13.4. The van der Waals surface area contributed by atoms with Crippen molar-refractivity contribution in [2.75, 3.05) is 26.8 Å². The van der Waals surface area contributed by atoms with Gasteiger partial charge in [0.1, 0.15) is 11.6 Å². The van der Waals surface area contributed by atoms with E-state index in [0.717, 1.165) is 5.56 Å². The number of halogens is 3. The molecule has 2 aromatic carbocycles. The molecule has 1 aliphatic heterocycles. The van der Waals surface area contributed by atoms with Gasteiger partial charge in [0.2, 0.25) is 5.91 Å². The fraction of sp³-hybridized carbons (Fsp3) is 0.433. The molecular formula is C30H37F3N4O8. The van der Waals surface area contributed by atoms with Gasteiger partial charge in [-0.3, -0.25) is 19.8 Å². The standard InChI is InChI=1S/C28H36N4O6.C2HF3O2/c1-6-37-22-12-17-14-32(26(30)18(17)13-19(22)27(36)31-5)15-21(33)16-10-20(28(2,3)4)25(35)23(11-16)38-9-7-8-24(29)34;3-2(4,5)1(6)7/h10-13,30,35H,6-9,14-15H2,1-5H3,(H2,29,34)(H,31,36);(H,6,7). The Bertz CT molecular complexity index is 1470. The predicted molar refractivity (Wildman–Crippen MR) is 157 cm³/mol. The molecule has 15 heteroatoms. The van der Waals surface area contributed by atoms with E-state index < -0.39 is 23.5 Å². The Kier molecular flexibility index (Phi) is 11.9. The Hall–Kier alpha value is -4.82. The largest absolute Gasteiger partial charge is 0.504 e. The minimum absolute atomic E-state index is 0.0559. The van der Waals surface area contributed by atoms with E-state index in [4.69, 9.17) is 30.5 Å². The molecule has 0 fully saturated rings. The van der Waals surface area contributed by atoms with E-state index in [-0.39, 0.29) is 48.6 Å². The molecular weight excluding hydrogens is 601 g/mol. The number of primary amides is 1. The number of Topliss-reactive ketones (excluding diaryl/α,β-unsaturated/α-hetero) is 1. The fourth-order valence-electron chi connectivity index (χ4n) is 4.29. The van der Waals surface area contributed by atoms with Crippen LogP contribution in [0.15, 0.2) is 24.3 Å². The second-order valence-corrected chi connectivity index (χ2v) is 11.0. The van der Waals surface area contributed by atoms with E-state index in [1.54, 1.807) is 23.1 Å². The van der Waals surface area contributed by atoms with Crippen LogP contribution in [-0.4, -0.2) is 77.5 Å². The highest BCUT2D eigenvalue weighted by Crippen LogP contribution is 2.39. The number of rotatable bonds is 11. The number of carboxylic acids is 1. The summed E-state index contributed by atoms with van der Waals surface area (Å²) in [5.41, 5.74) is 7.28. The summed E-state index contributed by atoms with van der Waals surface area (Å²) in [6, 6.07) is 6.51. The summed E-state index contributed by atoms with van der Waals surface area (Å²) in [6.07, 6.45) is -4.56. The molecule has 12 nitrogen and oxygen atoms in total. The van der Waals surface area contributed by atoms with Crippen molar-refractivity contribution in [3.8, 4) is 17.2 Å². The van der Waals surface area contributed by atoms with Crippen molar-refractivity contribution < 1.29 is 52.0 Å². The molecule has 6 N–H and O–H groups in total. The van der Waals surface area contributed by atoms with Crippen LogP contribution >= 0.6 is 0 Å². The zero-order valence-electron chi connectivity index (χ0n) is 25.6. The first-order valence-electron chi connectivity index (χ1n) is 13.8. The second kappa shape index (κ2) is 14.8.